The molecule has 3 aliphatic rings. The molecule has 1 spiro atoms. The lowest BCUT2D eigenvalue weighted by atomic mass is 9.76. The van der Waals surface area contributed by atoms with Crippen molar-refractivity contribution in [2.75, 3.05) is 19.8 Å². The highest BCUT2D eigenvalue weighted by molar-refractivity contribution is 7.99. The van der Waals surface area contributed by atoms with E-state index >= 15 is 0 Å². The van der Waals surface area contributed by atoms with E-state index in [2.05, 4.69) is 15.4 Å². The van der Waals surface area contributed by atoms with Gasteiger partial charge < -0.3 is 25.2 Å². The molecule has 2 heterocycles. The highest BCUT2D eigenvalue weighted by Crippen LogP contribution is 2.39. The van der Waals surface area contributed by atoms with Crippen LogP contribution in [0.5, 0.6) is 0 Å². The van der Waals surface area contributed by atoms with E-state index in [1.54, 1.807) is 0 Å². The van der Waals surface area contributed by atoms with Crippen molar-refractivity contribution in [2.45, 2.75) is 94.1 Å². The van der Waals surface area contributed by atoms with E-state index in [0.717, 1.165) is 49.6 Å². The van der Waals surface area contributed by atoms with E-state index in [4.69, 9.17) is 21.1 Å². The first-order chi connectivity index (χ1) is 19.1. The molecular formula is C29H42ClN3O6S. The van der Waals surface area contributed by atoms with E-state index in [0.29, 0.717) is 43.9 Å². The first-order valence-electron chi connectivity index (χ1n) is 14.3. The molecule has 0 aromatic heterocycles. The monoisotopic (exact) mass is 595 g/mol. The van der Waals surface area contributed by atoms with Gasteiger partial charge in [0.2, 0.25) is 11.8 Å². The van der Waals surface area contributed by atoms with Crippen molar-refractivity contribution < 1.29 is 29.0 Å². The van der Waals surface area contributed by atoms with Gasteiger partial charge in [0, 0.05) is 36.1 Å². The Morgan fingerprint density at radius 1 is 1.25 bits per heavy atom. The van der Waals surface area contributed by atoms with Gasteiger partial charge in [0.25, 0.3) is 0 Å². The van der Waals surface area contributed by atoms with Crippen LogP contribution in [0.15, 0.2) is 24.3 Å². The summed E-state index contributed by atoms with van der Waals surface area (Å²) < 4.78 is 14.1. The van der Waals surface area contributed by atoms with Crippen molar-refractivity contribution in [3.8, 4) is 0 Å². The lowest BCUT2D eigenvalue weighted by Crippen LogP contribution is -2.47. The third-order valence-corrected chi connectivity index (χ3v) is 9.44. The number of aliphatic hydroxyl groups is 1. The molecule has 2 saturated heterocycles. The molecule has 9 nitrogen and oxygen atoms in total. The Balaban J connectivity index is 1.30. The third-order valence-electron chi connectivity index (χ3n) is 8.23. The first-order valence-corrected chi connectivity index (χ1v) is 15.6. The molecule has 0 bridgehead atoms. The molecule has 11 heteroatoms. The van der Waals surface area contributed by atoms with Crippen LogP contribution >= 0.6 is 23.5 Å². The highest BCUT2D eigenvalue weighted by atomic mass is 35.5. The van der Waals surface area contributed by atoms with Crippen LogP contribution < -0.4 is 15.4 Å². The molecule has 4 N–H and O–H groups in total. The second-order valence-corrected chi connectivity index (χ2v) is 13.4. The zero-order valence-corrected chi connectivity index (χ0v) is 25.0. The zero-order chi connectivity index (χ0) is 28.8. The number of hydrogen-bond donors (Lipinski definition) is 4. The molecule has 4 rings (SSSR count). The quantitative estimate of drug-likeness (QED) is 0.268. The number of benzene rings is 1. The minimum absolute atomic E-state index is 0.0326. The van der Waals surface area contributed by atoms with E-state index < -0.39 is 23.0 Å². The maximum Gasteiger partial charge on any atom is 0.417 e. The van der Waals surface area contributed by atoms with Crippen LogP contribution in [0.2, 0.25) is 5.02 Å². The van der Waals surface area contributed by atoms with Crippen LogP contribution in [0.1, 0.15) is 70.8 Å². The van der Waals surface area contributed by atoms with E-state index in [1.807, 2.05) is 38.1 Å². The van der Waals surface area contributed by atoms with Gasteiger partial charge in [0.1, 0.15) is 10.9 Å². The van der Waals surface area contributed by atoms with Crippen molar-refractivity contribution in [1.29, 1.82) is 0 Å². The van der Waals surface area contributed by atoms with Crippen molar-refractivity contribution in [3.05, 3.63) is 34.9 Å². The smallest absolute Gasteiger partial charge is 0.417 e. The molecule has 0 radical (unpaired) electrons. The van der Waals surface area contributed by atoms with Crippen molar-refractivity contribution in [3.63, 3.8) is 0 Å². The summed E-state index contributed by atoms with van der Waals surface area (Å²) in [7, 11) is 0. The summed E-state index contributed by atoms with van der Waals surface area (Å²) in [6, 6.07) is 7.00. The molecule has 3 fully saturated rings. The fourth-order valence-corrected chi connectivity index (χ4v) is 7.10. The molecule has 1 aliphatic carbocycles. The fourth-order valence-electron chi connectivity index (χ4n) is 5.96. The standard InChI is InChI=1S/C29H42ClN3O6S/c1-19(2)13-24(40-33-27(37)39-29(7-4-8-29)16-20-5-3-6-22(30)14-20)26(36)31-23(18-34)15-21-17-28(32-25(21)35)9-11-38-12-10-28/h3,5-6,14,19,21,23-24,34H,4,7-13,15-18H2,1-2H3,(H,31,36)(H,32,35)(H,33,37)/t21?,23?,24-/m0/s1. The summed E-state index contributed by atoms with van der Waals surface area (Å²) in [5.41, 5.74) is 0.199. The van der Waals surface area contributed by atoms with Crippen LogP contribution in [0.3, 0.4) is 0 Å². The predicted octanol–water partition coefficient (Wildman–Crippen LogP) is 4.15. The van der Waals surface area contributed by atoms with Crippen LogP contribution in [0.4, 0.5) is 4.79 Å². The van der Waals surface area contributed by atoms with Crippen LogP contribution in [0.25, 0.3) is 0 Å². The second-order valence-electron chi connectivity index (χ2n) is 12.0. The lowest BCUT2D eigenvalue weighted by Gasteiger charge is -2.41. The number of amides is 3. The van der Waals surface area contributed by atoms with Gasteiger partial charge in [-0.15, -0.1) is 0 Å². The molecule has 1 saturated carbocycles. The van der Waals surface area contributed by atoms with Crippen LogP contribution in [-0.4, -0.2) is 65.3 Å². The molecule has 222 valence electrons. The molecule has 3 atom stereocenters. The van der Waals surface area contributed by atoms with E-state index in [9.17, 15) is 19.5 Å². The summed E-state index contributed by atoms with van der Waals surface area (Å²) >= 11 is 7.16. The summed E-state index contributed by atoms with van der Waals surface area (Å²) in [5.74, 6) is -0.397. The first kappa shape index (κ1) is 30.9. The zero-order valence-electron chi connectivity index (χ0n) is 23.4. The van der Waals surface area contributed by atoms with Gasteiger partial charge in [-0.2, -0.15) is 0 Å². The van der Waals surface area contributed by atoms with E-state index in [1.165, 1.54) is 0 Å². The predicted molar refractivity (Wildman–Crippen MR) is 155 cm³/mol. The molecule has 2 unspecified atom stereocenters. The van der Waals surface area contributed by atoms with Gasteiger partial charge in [-0.3, -0.25) is 14.3 Å². The minimum Gasteiger partial charge on any atom is -0.442 e. The molecule has 3 amide bonds. The Morgan fingerprint density at radius 3 is 2.62 bits per heavy atom. The third kappa shape index (κ3) is 8.27. The van der Waals surface area contributed by atoms with Crippen molar-refractivity contribution in [2.24, 2.45) is 11.8 Å². The second kappa shape index (κ2) is 13.8. The molecule has 1 aromatic rings. The Kier molecular flexibility index (Phi) is 10.6. The number of halogens is 1. The van der Waals surface area contributed by atoms with Crippen LogP contribution in [0, 0.1) is 11.8 Å². The Labute approximate surface area is 246 Å². The van der Waals surface area contributed by atoms with Crippen molar-refractivity contribution in [1.82, 2.24) is 15.4 Å². The number of carbonyl (C=O) groups is 3. The highest BCUT2D eigenvalue weighted by Gasteiger charge is 2.45. The maximum atomic E-state index is 13.3. The molecular weight excluding hydrogens is 554 g/mol. The molecule has 40 heavy (non-hydrogen) atoms. The Bertz CT molecular complexity index is 1050. The normalized spacial score (nSPS) is 22.7. The maximum absolute atomic E-state index is 13.3. The van der Waals surface area contributed by atoms with Crippen molar-refractivity contribution >= 4 is 41.5 Å². The number of ether oxygens (including phenoxy) is 2. The van der Waals surface area contributed by atoms with Gasteiger partial charge in [-0.1, -0.05) is 37.6 Å². The number of rotatable bonds is 12. The van der Waals surface area contributed by atoms with Gasteiger partial charge in [0.15, 0.2) is 0 Å². The van der Waals surface area contributed by atoms with Gasteiger partial charge >= 0.3 is 6.09 Å². The van der Waals surface area contributed by atoms with Gasteiger partial charge in [-0.25, -0.2) is 4.79 Å². The number of hydrogen-bond acceptors (Lipinski definition) is 7. The summed E-state index contributed by atoms with van der Waals surface area (Å²) in [4.78, 5) is 38.8. The SMILES string of the molecule is CC(C)C[C@H](SNC(=O)OC1(Cc2cccc(Cl)c2)CCC1)C(=O)NC(CO)CC1CC2(CCOCC2)NC1=O. The minimum atomic E-state index is -0.578. The van der Waals surface area contributed by atoms with Gasteiger partial charge in [0.05, 0.1) is 12.6 Å². The number of carbonyl (C=O) groups excluding carboxylic acids is 3. The Hall–Kier alpha value is -2.01. The fraction of sp³-hybridized carbons (Fsp3) is 0.690. The van der Waals surface area contributed by atoms with Gasteiger partial charge in [-0.05, 0) is 86.9 Å². The Morgan fingerprint density at radius 2 is 2.00 bits per heavy atom. The molecule has 1 aromatic carbocycles. The number of nitrogens with one attached hydrogen (secondary N) is 3. The lowest BCUT2D eigenvalue weighted by molar-refractivity contribution is -0.125. The number of aliphatic hydroxyl groups excluding tert-OH is 1. The summed E-state index contributed by atoms with van der Waals surface area (Å²) in [6.45, 7) is 4.99. The topological polar surface area (TPSA) is 126 Å². The van der Waals surface area contributed by atoms with Crippen LogP contribution in [-0.2, 0) is 25.5 Å². The largest absolute Gasteiger partial charge is 0.442 e. The molecule has 2 aliphatic heterocycles. The average molecular weight is 596 g/mol. The average Bonchev–Trinajstić information content (AvgIpc) is 3.18. The summed E-state index contributed by atoms with van der Waals surface area (Å²) in [6.07, 6.45) is 5.66. The van der Waals surface area contributed by atoms with E-state index in [-0.39, 0.29) is 35.8 Å². The summed E-state index contributed by atoms with van der Waals surface area (Å²) in [5, 5.41) is 16.2.